The minimum Gasteiger partial charge on any atom is -0.496 e. The number of methoxy groups -OCH3 is 2. The van der Waals surface area contributed by atoms with Gasteiger partial charge in [0.25, 0.3) is 0 Å². The molecule has 1 unspecified atom stereocenters. The van der Waals surface area contributed by atoms with Gasteiger partial charge in [-0.25, -0.2) is 4.98 Å². The van der Waals surface area contributed by atoms with Crippen molar-refractivity contribution in [1.29, 1.82) is 0 Å². The van der Waals surface area contributed by atoms with Gasteiger partial charge in [0.15, 0.2) is 5.69 Å². The van der Waals surface area contributed by atoms with E-state index in [4.69, 9.17) is 9.47 Å². The van der Waals surface area contributed by atoms with Gasteiger partial charge in [0.05, 0.1) is 14.2 Å². The van der Waals surface area contributed by atoms with Gasteiger partial charge >= 0.3 is 6.18 Å². The summed E-state index contributed by atoms with van der Waals surface area (Å²) in [6.07, 6.45) is 6.36. The number of alkyl halides is 3. The van der Waals surface area contributed by atoms with E-state index in [0.717, 1.165) is 41.8 Å². The first-order chi connectivity index (χ1) is 17.9. The molecular weight excluding hydrogens is 479 g/mol. The van der Waals surface area contributed by atoms with E-state index in [1.54, 1.807) is 18.8 Å². The zero-order valence-corrected chi connectivity index (χ0v) is 21.1. The Hall–Kier alpha value is -3.52. The van der Waals surface area contributed by atoms with Crippen molar-refractivity contribution in [1.82, 2.24) is 14.5 Å². The van der Waals surface area contributed by atoms with Crippen molar-refractivity contribution in [3.05, 3.63) is 89.5 Å². The lowest BCUT2D eigenvalue weighted by atomic mass is 9.98. The Morgan fingerprint density at radius 2 is 1.51 bits per heavy atom. The van der Waals surface area contributed by atoms with E-state index < -0.39 is 11.9 Å². The summed E-state index contributed by atoms with van der Waals surface area (Å²) >= 11 is 0. The highest BCUT2D eigenvalue weighted by Gasteiger charge is 2.35. The molecule has 0 aliphatic carbocycles. The third-order valence-corrected chi connectivity index (χ3v) is 6.50. The molecule has 4 rings (SSSR count). The Bertz CT molecular complexity index is 1170. The molecule has 37 heavy (non-hydrogen) atoms. The number of hydrogen-bond acceptors (Lipinski definition) is 4. The maximum absolute atomic E-state index is 13.1. The van der Waals surface area contributed by atoms with Crippen molar-refractivity contribution in [2.45, 2.75) is 25.6 Å². The Morgan fingerprint density at radius 1 is 0.946 bits per heavy atom. The number of aromatic nitrogens is 2. The van der Waals surface area contributed by atoms with E-state index in [-0.39, 0.29) is 5.92 Å². The van der Waals surface area contributed by atoms with Gasteiger partial charge in [-0.1, -0.05) is 60.7 Å². The summed E-state index contributed by atoms with van der Waals surface area (Å²) in [6, 6.07) is 15.7. The molecule has 0 radical (unpaired) electrons. The highest BCUT2D eigenvalue weighted by atomic mass is 19.4. The fraction of sp³-hybridized carbons (Fsp3) is 0.345. The van der Waals surface area contributed by atoms with Crippen molar-refractivity contribution in [3.8, 4) is 11.5 Å². The predicted molar refractivity (Wildman–Crippen MR) is 140 cm³/mol. The molecule has 2 heterocycles. The first-order valence-electron chi connectivity index (χ1n) is 12.3. The van der Waals surface area contributed by atoms with Crippen LogP contribution in [0.1, 0.15) is 29.1 Å². The molecule has 0 spiro atoms. The largest absolute Gasteiger partial charge is 0.496 e. The lowest BCUT2D eigenvalue weighted by molar-refractivity contribution is -0.141. The molecule has 5 nitrogen and oxygen atoms in total. The molecule has 8 heteroatoms. The number of para-hydroxylation sites is 2. The number of halogens is 3. The van der Waals surface area contributed by atoms with E-state index in [9.17, 15) is 13.2 Å². The summed E-state index contributed by atoms with van der Waals surface area (Å²) in [7, 11) is 3.30. The number of imidazole rings is 1. The average Bonchev–Trinajstić information content (AvgIpc) is 3.33. The number of rotatable bonds is 10. The fourth-order valence-electron chi connectivity index (χ4n) is 4.65. The quantitative estimate of drug-likeness (QED) is 0.325. The molecule has 0 fully saturated rings. The molecule has 1 aliphatic heterocycles. The number of benzene rings is 2. The maximum atomic E-state index is 13.1. The molecule has 3 aromatic rings. The minimum absolute atomic E-state index is 0.224. The molecule has 0 saturated carbocycles. The second-order valence-electron chi connectivity index (χ2n) is 9.10. The summed E-state index contributed by atoms with van der Waals surface area (Å²) in [4.78, 5) is 6.11. The van der Waals surface area contributed by atoms with Crippen LogP contribution in [-0.4, -0.2) is 48.3 Å². The fourth-order valence-corrected chi connectivity index (χ4v) is 4.65. The number of ether oxygens (including phenoxy) is 2. The monoisotopic (exact) mass is 511 g/mol. The van der Waals surface area contributed by atoms with E-state index in [1.807, 2.05) is 60.7 Å². The van der Waals surface area contributed by atoms with Crippen molar-refractivity contribution < 1.29 is 22.6 Å². The first-order valence-corrected chi connectivity index (χ1v) is 12.3. The Balaban J connectivity index is 1.46. The van der Waals surface area contributed by atoms with Crippen LogP contribution in [0.25, 0.3) is 12.2 Å². The molecule has 0 bridgehead atoms. The Labute approximate surface area is 215 Å². The Morgan fingerprint density at radius 3 is 2.05 bits per heavy atom. The van der Waals surface area contributed by atoms with E-state index in [2.05, 4.69) is 22.0 Å². The van der Waals surface area contributed by atoms with E-state index in [1.165, 1.54) is 0 Å². The van der Waals surface area contributed by atoms with Gasteiger partial charge in [-0.3, -0.25) is 4.90 Å². The van der Waals surface area contributed by atoms with Gasteiger partial charge in [0.2, 0.25) is 0 Å². The molecule has 196 valence electrons. The van der Waals surface area contributed by atoms with Crippen molar-refractivity contribution in [3.63, 3.8) is 0 Å². The minimum atomic E-state index is -4.42. The highest BCUT2D eigenvalue weighted by molar-refractivity contribution is 5.58. The highest BCUT2D eigenvalue weighted by Crippen LogP contribution is 2.31. The molecular formula is C29H32F3N3O2. The van der Waals surface area contributed by atoms with Crippen LogP contribution in [-0.2, 0) is 19.1 Å². The van der Waals surface area contributed by atoms with Crippen LogP contribution in [0, 0.1) is 5.92 Å². The smallest absolute Gasteiger partial charge is 0.434 e. The zero-order valence-electron chi connectivity index (χ0n) is 21.1. The number of nitrogens with zero attached hydrogens (tertiary/aromatic N) is 3. The van der Waals surface area contributed by atoms with Crippen LogP contribution in [0.2, 0.25) is 0 Å². The molecule has 2 aromatic carbocycles. The van der Waals surface area contributed by atoms with Crippen LogP contribution >= 0.6 is 0 Å². The van der Waals surface area contributed by atoms with Crippen LogP contribution in [0.4, 0.5) is 13.2 Å². The van der Waals surface area contributed by atoms with Crippen molar-refractivity contribution in [2.24, 2.45) is 5.92 Å². The normalized spacial score (nSPS) is 16.0. The number of hydrogen-bond donors (Lipinski definition) is 0. The molecule has 1 aromatic heterocycles. The lowest BCUT2D eigenvalue weighted by Gasteiger charge is -2.29. The summed E-state index contributed by atoms with van der Waals surface area (Å²) in [5.41, 5.74) is 1.18. The van der Waals surface area contributed by atoms with Crippen molar-refractivity contribution in [2.75, 3.05) is 33.9 Å². The third-order valence-electron chi connectivity index (χ3n) is 6.50. The molecule has 0 amide bonds. The summed E-state index contributed by atoms with van der Waals surface area (Å²) in [5, 5.41) is 0. The van der Waals surface area contributed by atoms with Gasteiger partial charge in [0.1, 0.15) is 17.3 Å². The van der Waals surface area contributed by atoms with Gasteiger partial charge in [-0.15, -0.1) is 0 Å². The van der Waals surface area contributed by atoms with Crippen LogP contribution in [0.5, 0.6) is 11.5 Å². The first kappa shape index (κ1) is 26.5. The maximum Gasteiger partial charge on any atom is 0.434 e. The van der Waals surface area contributed by atoms with Gasteiger partial charge in [-0.2, -0.15) is 13.2 Å². The van der Waals surface area contributed by atoms with Gasteiger partial charge in [-0.05, 0) is 24.5 Å². The second-order valence-corrected chi connectivity index (χ2v) is 9.10. The molecule has 1 aliphatic rings. The van der Waals surface area contributed by atoms with Crippen molar-refractivity contribution >= 4 is 12.2 Å². The standard InChI is InChI=1S/C29H32F3N3O2/c1-36-25-13-5-3-9-23(25)11-7-17-34(18-8-12-24-10-4-6-14-26(24)37-2)19-22-15-16-28-33-27(29(30,31)32)21-35(28)20-22/h3-14,21-22H,15-20H2,1-2H3/b11-7+,12-8+. The predicted octanol–water partition coefficient (Wildman–Crippen LogP) is 6.21. The summed E-state index contributed by atoms with van der Waals surface area (Å²) < 4.78 is 52.0. The lowest BCUT2D eigenvalue weighted by Crippen LogP contribution is -2.34. The molecule has 0 N–H and O–H groups in total. The molecule has 1 atom stereocenters. The molecule has 0 saturated heterocycles. The number of aryl methyl sites for hydroxylation is 1. The van der Waals surface area contributed by atoms with Gasteiger partial charge in [0, 0.05) is 49.9 Å². The van der Waals surface area contributed by atoms with Crippen LogP contribution < -0.4 is 9.47 Å². The zero-order chi connectivity index (χ0) is 26.3. The van der Waals surface area contributed by atoms with E-state index in [0.29, 0.717) is 31.9 Å². The topological polar surface area (TPSA) is 39.5 Å². The SMILES string of the molecule is COc1ccccc1/C=C/CN(C/C=C/c1ccccc1OC)CC1CCc2nc(C(F)(F)F)cn2C1. The second kappa shape index (κ2) is 12.1. The average molecular weight is 512 g/mol. The number of fused-ring (bicyclic) bond motifs is 1. The van der Waals surface area contributed by atoms with E-state index >= 15 is 0 Å². The third kappa shape index (κ3) is 7.04. The van der Waals surface area contributed by atoms with Crippen LogP contribution in [0.3, 0.4) is 0 Å². The Kier molecular flexibility index (Phi) is 8.71. The summed E-state index contributed by atoms with van der Waals surface area (Å²) in [6.45, 7) is 2.66. The van der Waals surface area contributed by atoms with Crippen LogP contribution in [0.15, 0.2) is 66.9 Å². The summed E-state index contributed by atoms with van der Waals surface area (Å²) in [5.74, 6) is 2.35. The van der Waals surface area contributed by atoms with Gasteiger partial charge < -0.3 is 14.0 Å².